The summed E-state index contributed by atoms with van der Waals surface area (Å²) in [4.78, 5) is 23.4. The van der Waals surface area contributed by atoms with E-state index in [9.17, 15) is 9.59 Å². The maximum Gasteiger partial charge on any atom is 0.318 e. The van der Waals surface area contributed by atoms with Gasteiger partial charge in [0.1, 0.15) is 0 Å². The molecular weight excluding hydrogens is 204 g/mol. The Labute approximate surface area is 87.6 Å². The third-order valence-electron chi connectivity index (χ3n) is 1.42. The van der Waals surface area contributed by atoms with Crippen molar-refractivity contribution < 1.29 is 9.59 Å². The van der Waals surface area contributed by atoms with E-state index in [0.29, 0.717) is 18.0 Å². The van der Waals surface area contributed by atoms with Gasteiger partial charge in [0, 0.05) is 13.0 Å². The highest BCUT2D eigenvalue weighted by atomic mass is 32.1. The molecule has 5 N–H and O–H groups in total. The molecule has 14 heavy (non-hydrogen) atoms. The van der Waals surface area contributed by atoms with Crippen LogP contribution in [-0.4, -0.2) is 42.0 Å². The first kappa shape index (κ1) is 12.8. The molecule has 0 heterocycles. The summed E-state index contributed by atoms with van der Waals surface area (Å²) < 4.78 is 0. The number of nitrogens with two attached hydrogens (primary N) is 2. The summed E-state index contributed by atoms with van der Waals surface area (Å²) in [5, 5.41) is 1.96. The number of thiocarbonyl (C=S) groups is 1. The summed E-state index contributed by atoms with van der Waals surface area (Å²) in [6.45, 7) is 0.660. The van der Waals surface area contributed by atoms with Crippen LogP contribution in [0.25, 0.3) is 0 Å². The Morgan fingerprint density at radius 1 is 1.43 bits per heavy atom. The van der Waals surface area contributed by atoms with E-state index in [1.165, 1.54) is 0 Å². The van der Waals surface area contributed by atoms with E-state index in [2.05, 4.69) is 12.2 Å². The maximum absolute atomic E-state index is 11.0. The predicted octanol–water partition coefficient (Wildman–Crippen LogP) is -1.21. The fraction of sp³-hybridized carbons (Fsp3) is 0.571. The van der Waals surface area contributed by atoms with Crippen molar-refractivity contribution in [2.45, 2.75) is 6.42 Å². The fourth-order valence-corrected chi connectivity index (χ4v) is 0.893. The molecule has 0 aliphatic rings. The number of primary amides is 1. The number of carbonyl (C=O) groups is 2. The lowest BCUT2D eigenvalue weighted by atomic mass is 10.4. The van der Waals surface area contributed by atoms with Gasteiger partial charge < -0.3 is 11.5 Å². The first-order valence-electron chi connectivity index (χ1n) is 3.98. The molecule has 0 bridgehead atoms. The average molecular weight is 218 g/mol. The Balaban J connectivity index is 3.71. The van der Waals surface area contributed by atoms with Crippen LogP contribution in [0.3, 0.4) is 0 Å². The maximum atomic E-state index is 11.0. The van der Waals surface area contributed by atoms with E-state index in [1.807, 2.05) is 5.32 Å². The number of rotatable bonds is 5. The minimum atomic E-state index is -0.849. The number of urea groups is 1. The van der Waals surface area contributed by atoms with Gasteiger partial charge in [0.2, 0.25) is 5.91 Å². The van der Waals surface area contributed by atoms with Gasteiger partial charge in [0.25, 0.3) is 0 Å². The van der Waals surface area contributed by atoms with Crippen LogP contribution < -0.4 is 16.8 Å². The second-order valence-electron chi connectivity index (χ2n) is 2.87. The third-order valence-corrected chi connectivity index (χ3v) is 1.62. The molecule has 0 radical (unpaired) electrons. The molecule has 3 amide bonds. The lowest BCUT2D eigenvalue weighted by Crippen LogP contribution is -2.41. The highest BCUT2D eigenvalue weighted by Crippen LogP contribution is 1.87. The number of amides is 3. The largest absolute Gasteiger partial charge is 0.393 e. The van der Waals surface area contributed by atoms with Crippen LogP contribution in [0.15, 0.2) is 0 Å². The Kier molecular flexibility index (Phi) is 5.73. The van der Waals surface area contributed by atoms with E-state index in [4.69, 9.17) is 11.5 Å². The Morgan fingerprint density at radius 3 is 2.43 bits per heavy atom. The normalized spacial score (nSPS) is 9.86. The second-order valence-corrected chi connectivity index (χ2v) is 3.39. The molecule has 0 rings (SSSR count). The number of hydrogen-bond donors (Lipinski definition) is 3. The highest BCUT2D eigenvalue weighted by molar-refractivity contribution is 7.80. The minimum absolute atomic E-state index is 0.0888. The summed E-state index contributed by atoms with van der Waals surface area (Å²) in [5.41, 5.74) is 10.0. The zero-order valence-corrected chi connectivity index (χ0v) is 8.76. The lowest BCUT2D eigenvalue weighted by molar-refractivity contribution is -0.120. The molecule has 0 spiro atoms. The van der Waals surface area contributed by atoms with Crippen molar-refractivity contribution in [2.75, 3.05) is 20.1 Å². The van der Waals surface area contributed by atoms with Gasteiger partial charge in [-0.3, -0.25) is 15.0 Å². The van der Waals surface area contributed by atoms with Gasteiger partial charge in [-0.15, -0.1) is 0 Å². The van der Waals surface area contributed by atoms with E-state index in [-0.39, 0.29) is 6.54 Å². The predicted molar refractivity (Wildman–Crippen MR) is 56.6 cm³/mol. The first-order valence-corrected chi connectivity index (χ1v) is 4.38. The van der Waals surface area contributed by atoms with Gasteiger partial charge in [-0.2, -0.15) is 0 Å². The summed E-state index contributed by atoms with van der Waals surface area (Å²) >= 11 is 4.67. The minimum Gasteiger partial charge on any atom is -0.393 e. The van der Waals surface area contributed by atoms with E-state index < -0.39 is 11.9 Å². The smallest absolute Gasteiger partial charge is 0.318 e. The Hall–Kier alpha value is -1.21. The summed E-state index contributed by atoms with van der Waals surface area (Å²) in [5.74, 6) is -0.442. The number of nitrogens with zero attached hydrogens (tertiary/aromatic N) is 1. The molecule has 0 aliphatic carbocycles. The van der Waals surface area contributed by atoms with Crippen LogP contribution in [0, 0.1) is 0 Å². The molecular formula is C7H14N4O2S. The number of carbonyl (C=O) groups excluding carboxylic acids is 2. The third kappa shape index (κ3) is 7.44. The monoisotopic (exact) mass is 218 g/mol. The second kappa shape index (κ2) is 6.28. The van der Waals surface area contributed by atoms with Crippen molar-refractivity contribution in [3.05, 3.63) is 0 Å². The molecule has 0 aromatic rings. The van der Waals surface area contributed by atoms with Gasteiger partial charge >= 0.3 is 6.03 Å². The molecule has 0 aliphatic heterocycles. The fourth-order valence-electron chi connectivity index (χ4n) is 0.802. The average Bonchev–Trinajstić information content (AvgIpc) is 1.98. The molecule has 6 nitrogen and oxygen atoms in total. The van der Waals surface area contributed by atoms with Crippen LogP contribution >= 0.6 is 12.2 Å². The van der Waals surface area contributed by atoms with Gasteiger partial charge in [-0.05, 0) is 7.05 Å². The molecule has 80 valence electrons. The quantitative estimate of drug-likeness (QED) is 0.503. The van der Waals surface area contributed by atoms with Crippen molar-refractivity contribution in [3.63, 3.8) is 0 Å². The highest BCUT2D eigenvalue weighted by Gasteiger charge is 2.07. The van der Waals surface area contributed by atoms with E-state index in [1.54, 1.807) is 11.9 Å². The van der Waals surface area contributed by atoms with Crippen molar-refractivity contribution >= 4 is 29.1 Å². The standard InChI is InChI=1S/C7H14N4O2S/c1-11(3-2-5(8)14)4-6(12)10-7(9)13/h2-4H2,1H3,(H2,8,14)(H3,9,10,12,13). The van der Waals surface area contributed by atoms with Crippen LogP contribution in [-0.2, 0) is 4.79 Å². The Morgan fingerprint density at radius 2 is 2.00 bits per heavy atom. The number of nitrogens with one attached hydrogen (secondary N) is 1. The molecule has 0 saturated carbocycles. The van der Waals surface area contributed by atoms with E-state index >= 15 is 0 Å². The van der Waals surface area contributed by atoms with Gasteiger partial charge in [-0.25, -0.2) is 4.79 Å². The topological polar surface area (TPSA) is 101 Å². The van der Waals surface area contributed by atoms with Crippen LogP contribution in [0.2, 0.25) is 0 Å². The molecule has 7 heteroatoms. The summed E-state index contributed by atoms with van der Waals surface area (Å²) in [6, 6.07) is -0.849. The molecule has 0 aromatic heterocycles. The molecule has 0 unspecified atom stereocenters. The van der Waals surface area contributed by atoms with Gasteiger partial charge in [0.05, 0.1) is 11.5 Å². The van der Waals surface area contributed by atoms with E-state index in [0.717, 1.165) is 0 Å². The first-order chi connectivity index (χ1) is 6.41. The number of imide groups is 1. The lowest BCUT2D eigenvalue weighted by Gasteiger charge is -2.14. The number of hydrogen-bond acceptors (Lipinski definition) is 4. The van der Waals surface area contributed by atoms with Crippen molar-refractivity contribution in [1.29, 1.82) is 0 Å². The van der Waals surface area contributed by atoms with Gasteiger partial charge in [0.15, 0.2) is 0 Å². The summed E-state index contributed by atoms with van der Waals surface area (Å²) in [7, 11) is 1.72. The van der Waals surface area contributed by atoms with Crippen molar-refractivity contribution in [1.82, 2.24) is 10.2 Å². The zero-order chi connectivity index (χ0) is 11.1. The van der Waals surface area contributed by atoms with Crippen LogP contribution in [0.4, 0.5) is 4.79 Å². The summed E-state index contributed by atoms with van der Waals surface area (Å²) in [6.07, 6.45) is 0.537. The molecule has 0 fully saturated rings. The zero-order valence-electron chi connectivity index (χ0n) is 7.95. The molecule has 0 aromatic carbocycles. The van der Waals surface area contributed by atoms with Gasteiger partial charge in [-0.1, -0.05) is 12.2 Å². The van der Waals surface area contributed by atoms with Crippen LogP contribution in [0.5, 0.6) is 0 Å². The number of likely N-dealkylation sites (N-methyl/N-ethyl adjacent to an activating group) is 1. The van der Waals surface area contributed by atoms with Crippen molar-refractivity contribution in [3.8, 4) is 0 Å². The Bertz CT molecular complexity index is 244. The SMILES string of the molecule is CN(CCC(N)=S)CC(=O)NC(N)=O. The molecule has 0 atom stereocenters. The van der Waals surface area contributed by atoms with Crippen LogP contribution in [0.1, 0.15) is 6.42 Å². The van der Waals surface area contributed by atoms with Crippen molar-refractivity contribution in [2.24, 2.45) is 11.5 Å². The molecule has 0 saturated heterocycles.